The van der Waals surface area contributed by atoms with E-state index < -0.39 is 16.8 Å². The van der Waals surface area contributed by atoms with Gasteiger partial charge in [0.2, 0.25) is 0 Å². The van der Waals surface area contributed by atoms with Gasteiger partial charge in [-0.25, -0.2) is 4.79 Å². The van der Waals surface area contributed by atoms with Gasteiger partial charge in [0, 0.05) is 22.2 Å². The van der Waals surface area contributed by atoms with Crippen molar-refractivity contribution in [1.82, 2.24) is 4.98 Å². The van der Waals surface area contributed by atoms with E-state index in [2.05, 4.69) is 4.98 Å². The number of aromatic amines is 1. The SMILES string of the molecule is O=C(O)c1cc2c([nH]1)CS(=O)CC2. The lowest BCUT2D eigenvalue weighted by atomic mass is 10.2. The smallest absolute Gasteiger partial charge is 0.352 e. The number of hydrogen-bond acceptors (Lipinski definition) is 2. The normalized spacial score (nSPS) is 21.1. The van der Waals surface area contributed by atoms with E-state index in [0.717, 1.165) is 11.3 Å². The van der Waals surface area contributed by atoms with Crippen LogP contribution in [0.2, 0.25) is 0 Å². The summed E-state index contributed by atoms with van der Waals surface area (Å²) in [7, 11) is -0.826. The minimum Gasteiger partial charge on any atom is -0.477 e. The number of carbonyl (C=O) groups is 1. The second kappa shape index (κ2) is 2.99. The Labute approximate surface area is 77.4 Å². The Morgan fingerprint density at radius 3 is 3.08 bits per heavy atom. The standard InChI is InChI=1S/C8H9NO3S/c10-8(11)6-3-5-1-2-13(12)4-7(5)9-6/h3,9H,1-2,4H2,(H,10,11). The van der Waals surface area contributed by atoms with Gasteiger partial charge in [-0.3, -0.25) is 4.21 Å². The lowest BCUT2D eigenvalue weighted by Crippen LogP contribution is -2.11. The van der Waals surface area contributed by atoms with Gasteiger partial charge in [0.25, 0.3) is 0 Å². The van der Waals surface area contributed by atoms with Gasteiger partial charge in [-0.05, 0) is 18.1 Å². The first-order chi connectivity index (χ1) is 6.16. The fourth-order valence-corrected chi connectivity index (χ4v) is 2.64. The third-order valence-electron chi connectivity index (χ3n) is 2.13. The van der Waals surface area contributed by atoms with Crippen molar-refractivity contribution in [3.05, 3.63) is 23.0 Å². The highest BCUT2D eigenvalue weighted by Crippen LogP contribution is 2.19. The van der Waals surface area contributed by atoms with Crippen LogP contribution in [0.5, 0.6) is 0 Å². The highest BCUT2D eigenvalue weighted by Gasteiger charge is 2.19. The topological polar surface area (TPSA) is 70.2 Å². The number of aryl methyl sites for hydroxylation is 1. The third-order valence-corrected chi connectivity index (χ3v) is 3.40. The molecule has 13 heavy (non-hydrogen) atoms. The summed E-state index contributed by atoms with van der Waals surface area (Å²) in [6.45, 7) is 0. The highest BCUT2D eigenvalue weighted by molar-refractivity contribution is 7.84. The number of aromatic carboxylic acids is 1. The van der Waals surface area contributed by atoms with Crippen LogP contribution in [0.25, 0.3) is 0 Å². The highest BCUT2D eigenvalue weighted by atomic mass is 32.2. The van der Waals surface area contributed by atoms with Crippen molar-refractivity contribution in [1.29, 1.82) is 0 Å². The van der Waals surface area contributed by atoms with E-state index in [1.54, 1.807) is 6.07 Å². The monoisotopic (exact) mass is 199 g/mol. The van der Waals surface area contributed by atoms with Gasteiger partial charge in [0.15, 0.2) is 0 Å². The van der Waals surface area contributed by atoms with E-state index in [4.69, 9.17) is 5.11 Å². The molecule has 0 fully saturated rings. The van der Waals surface area contributed by atoms with E-state index >= 15 is 0 Å². The van der Waals surface area contributed by atoms with Crippen molar-refractivity contribution < 1.29 is 14.1 Å². The second-order valence-corrected chi connectivity index (χ2v) is 4.61. The molecule has 1 aliphatic rings. The Morgan fingerprint density at radius 1 is 1.62 bits per heavy atom. The quantitative estimate of drug-likeness (QED) is 0.692. The molecule has 2 N–H and O–H groups in total. The van der Waals surface area contributed by atoms with Crippen molar-refractivity contribution >= 4 is 16.8 Å². The Bertz CT molecular complexity index is 383. The van der Waals surface area contributed by atoms with Crippen molar-refractivity contribution in [2.75, 3.05) is 5.75 Å². The molecule has 0 aromatic carbocycles. The Balaban J connectivity index is 2.39. The summed E-state index contributed by atoms with van der Waals surface area (Å²) >= 11 is 0. The van der Waals surface area contributed by atoms with Crippen molar-refractivity contribution in [3.8, 4) is 0 Å². The minimum atomic E-state index is -0.958. The molecule has 0 amide bonds. The van der Waals surface area contributed by atoms with Gasteiger partial charge in [-0.1, -0.05) is 0 Å². The molecule has 5 heteroatoms. The van der Waals surface area contributed by atoms with Crippen LogP contribution in [0.15, 0.2) is 6.07 Å². The van der Waals surface area contributed by atoms with Crippen LogP contribution >= 0.6 is 0 Å². The fourth-order valence-electron chi connectivity index (χ4n) is 1.46. The number of nitrogens with one attached hydrogen (secondary N) is 1. The molecule has 1 atom stereocenters. The van der Waals surface area contributed by atoms with Crippen LogP contribution in [-0.2, 0) is 23.0 Å². The lowest BCUT2D eigenvalue weighted by Gasteiger charge is -2.09. The molecular formula is C8H9NO3S. The summed E-state index contributed by atoms with van der Waals surface area (Å²) in [6, 6.07) is 1.63. The number of fused-ring (bicyclic) bond motifs is 1. The summed E-state index contributed by atoms with van der Waals surface area (Å²) in [5, 5.41) is 8.69. The molecule has 0 spiro atoms. The average molecular weight is 199 g/mol. The Morgan fingerprint density at radius 2 is 2.38 bits per heavy atom. The van der Waals surface area contributed by atoms with Gasteiger partial charge in [0.05, 0.1) is 5.75 Å². The number of hydrogen-bond donors (Lipinski definition) is 2. The Hall–Kier alpha value is -1.10. The van der Waals surface area contributed by atoms with E-state index in [-0.39, 0.29) is 5.69 Å². The van der Waals surface area contributed by atoms with E-state index in [1.807, 2.05) is 0 Å². The number of aromatic nitrogens is 1. The average Bonchev–Trinajstić information content (AvgIpc) is 2.46. The zero-order chi connectivity index (χ0) is 9.42. The second-order valence-electron chi connectivity index (χ2n) is 3.03. The molecule has 1 aromatic heterocycles. The van der Waals surface area contributed by atoms with Gasteiger partial charge in [0.1, 0.15) is 5.69 Å². The first kappa shape index (κ1) is 8.50. The van der Waals surface area contributed by atoms with Gasteiger partial charge >= 0.3 is 5.97 Å². The minimum absolute atomic E-state index is 0.198. The number of rotatable bonds is 1. The van der Waals surface area contributed by atoms with Gasteiger partial charge < -0.3 is 10.1 Å². The van der Waals surface area contributed by atoms with Crippen LogP contribution in [0.1, 0.15) is 21.7 Å². The van der Waals surface area contributed by atoms with Gasteiger partial charge in [-0.2, -0.15) is 0 Å². The van der Waals surface area contributed by atoms with Gasteiger partial charge in [-0.15, -0.1) is 0 Å². The molecule has 0 radical (unpaired) electrons. The summed E-state index contributed by atoms with van der Waals surface area (Å²) in [5.74, 6) is 0.146. The molecule has 0 bridgehead atoms. The number of H-pyrrole nitrogens is 1. The van der Waals surface area contributed by atoms with E-state index in [9.17, 15) is 9.00 Å². The van der Waals surface area contributed by atoms with Crippen LogP contribution in [-0.4, -0.2) is 26.0 Å². The van der Waals surface area contributed by atoms with E-state index in [0.29, 0.717) is 17.9 Å². The molecule has 0 saturated carbocycles. The first-order valence-electron chi connectivity index (χ1n) is 3.96. The van der Waals surface area contributed by atoms with Crippen LogP contribution in [0.3, 0.4) is 0 Å². The third kappa shape index (κ3) is 1.51. The summed E-state index contributed by atoms with van der Waals surface area (Å²) in [4.78, 5) is 13.4. The Kier molecular flexibility index (Phi) is 1.95. The summed E-state index contributed by atoms with van der Waals surface area (Å²) in [6.07, 6.45) is 0.714. The summed E-state index contributed by atoms with van der Waals surface area (Å²) < 4.78 is 11.1. The molecule has 1 aliphatic heterocycles. The van der Waals surface area contributed by atoms with Crippen molar-refractivity contribution in [3.63, 3.8) is 0 Å². The largest absolute Gasteiger partial charge is 0.477 e. The maximum absolute atomic E-state index is 11.1. The van der Waals surface area contributed by atoms with E-state index in [1.165, 1.54) is 0 Å². The molecule has 4 nitrogen and oxygen atoms in total. The number of carboxylic acid groups (broad SMARTS) is 1. The first-order valence-corrected chi connectivity index (χ1v) is 5.44. The van der Waals surface area contributed by atoms with Crippen LogP contribution in [0, 0.1) is 0 Å². The van der Waals surface area contributed by atoms with Crippen LogP contribution in [0.4, 0.5) is 0 Å². The fraction of sp³-hybridized carbons (Fsp3) is 0.375. The molecular weight excluding hydrogens is 190 g/mol. The van der Waals surface area contributed by atoms with Crippen molar-refractivity contribution in [2.45, 2.75) is 12.2 Å². The molecule has 2 heterocycles. The molecule has 70 valence electrons. The van der Waals surface area contributed by atoms with Crippen molar-refractivity contribution in [2.24, 2.45) is 0 Å². The maximum Gasteiger partial charge on any atom is 0.352 e. The predicted molar refractivity (Wildman–Crippen MR) is 48.2 cm³/mol. The molecule has 1 aromatic rings. The molecule has 2 rings (SSSR count). The molecule has 0 aliphatic carbocycles. The molecule has 0 saturated heterocycles. The van der Waals surface area contributed by atoms with Crippen LogP contribution < -0.4 is 0 Å². The lowest BCUT2D eigenvalue weighted by molar-refractivity contribution is 0.0691. The number of carboxylic acids is 1. The molecule has 1 unspecified atom stereocenters. The zero-order valence-corrected chi connectivity index (χ0v) is 7.69. The predicted octanol–water partition coefficient (Wildman–Crippen LogP) is 0.518. The summed E-state index contributed by atoms with van der Waals surface area (Å²) in [5.41, 5.74) is 2.02. The maximum atomic E-state index is 11.1. The zero-order valence-electron chi connectivity index (χ0n) is 6.87.